The zero-order chi connectivity index (χ0) is 13.8. The summed E-state index contributed by atoms with van der Waals surface area (Å²) in [4.78, 5) is 4.76. The summed E-state index contributed by atoms with van der Waals surface area (Å²) in [5.74, 6) is 2.45. The highest BCUT2D eigenvalue weighted by Gasteiger charge is 2.23. The average molecular weight is 273 g/mol. The molecule has 1 aromatic rings. The van der Waals surface area contributed by atoms with E-state index in [-0.39, 0.29) is 0 Å². The molecule has 2 aliphatic rings. The Labute approximate surface area is 120 Å². The number of fused-ring (bicyclic) bond motifs is 1. The van der Waals surface area contributed by atoms with Crippen molar-refractivity contribution in [3.05, 3.63) is 29.8 Å². The SMILES string of the molecule is CCNC(=NCC1CCOc2ccccc21)NC1CC1. The lowest BCUT2D eigenvalue weighted by molar-refractivity contribution is 0.269. The highest BCUT2D eigenvalue weighted by Crippen LogP contribution is 2.33. The first kappa shape index (κ1) is 13.3. The number of aliphatic imine (C=N–C) groups is 1. The van der Waals surface area contributed by atoms with Crippen LogP contribution in [-0.2, 0) is 0 Å². The number of nitrogens with zero attached hydrogens (tertiary/aromatic N) is 1. The topological polar surface area (TPSA) is 45.7 Å². The van der Waals surface area contributed by atoms with Crippen LogP contribution in [0, 0.1) is 0 Å². The molecular weight excluding hydrogens is 250 g/mol. The zero-order valence-corrected chi connectivity index (χ0v) is 12.1. The van der Waals surface area contributed by atoms with Crippen LogP contribution in [0.5, 0.6) is 5.75 Å². The van der Waals surface area contributed by atoms with Crippen molar-refractivity contribution < 1.29 is 4.74 Å². The van der Waals surface area contributed by atoms with Gasteiger partial charge in [-0.3, -0.25) is 4.99 Å². The molecule has 1 saturated carbocycles. The van der Waals surface area contributed by atoms with E-state index in [1.54, 1.807) is 0 Å². The number of hydrogen-bond donors (Lipinski definition) is 2. The average Bonchev–Trinajstić information content (AvgIpc) is 3.29. The van der Waals surface area contributed by atoms with Crippen LogP contribution in [0.3, 0.4) is 0 Å². The molecule has 1 heterocycles. The number of hydrogen-bond acceptors (Lipinski definition) is 2. The highest BCUT2D eigenvalue weighted by atomic mass is 16.5. The molecule has 0 amide bonds. The van der Waals surface area contributed by atoms with Crippen molar-refractivity contribution in [1.29, 1.82) is 0 Å². The molecule has 1 aliphatic heterocycles. The summed E-state index contributed by atoms with van der Waals surface area (Å²) >= 11 is 0. The molecule has 1 atom stereocenters. The molecule has 1 fully saturated rings. The van der Waals surface area contributed by atoms with Crippen molar-refractivity contribution in [3.8, 4) is 5.75 Å². The number of ether oxygens (including phenoxy) is 1. The number of rotatable bonds is 4. The van der Waals surface area contributed by atoms with Crippen LogP contribution in [0.15, 0.2) is 29.3 Å². The van der Waals surface area contributed by atoms with E-state index in [0.29, 0.717) is 12.0 Å². The number of nitrogens with one attached hydrogen (secondary N) is 2. The second kappa shape index (κ2) is 6.16. The maximum absolute atomic E-state index is 5.70. The summed E-state index contributed by atoms with van der Waals surface area (Å²) in [5, 5.41) is 6.79. The Hall–Kier alpha value is -1.71. The van der Waals surface area contributed by atoms with Crippen molar-refractivity contribution in [3.63, 3.8) is 0 Å². The number of benzene rings is 1. The molecule has 0 bridgehead atoms. The van der Waals surface area contributed by atoms with Gasteiger partial charge in [-0.2, -0.15) is 0 Å². The van der Waals surface area contributed by atoms with Crippen LogP contribution in [-0.4, -0.2) is 31.7 Å². The van der Waals surface area contributed by atoms with E-state index in [2.05, 4.69) is 35.8 Å². The Morgan fingerprint density at radius 2 is 2.15 bits per heavy atom. The minimum Gasteiger partial charge on any atom is -0.493 e. The first-order chi connectivity index (χ1) is 9.86. The predicted molar refractivity (Wildman–Crippen MR) is 81.4 cm³/mol. The van der Waals surface area contributed by atoms with Gasteiger partial charge in [-0.15, -0.1) is 0 Å². The monoisotopic (exact) mass is 273 g/mol. The fraction of sp³-hybridized carbons (Fsp3) is 0.562. The Kier molecular flexibility index (Phi) is 4.09. The van der Waals surface area contributed by atoms with E-state index in [9.17, 15) is 0 Å². The lowest BCUT2D eigenvalue weighted by Gasteiger charge is -2.25. The van der Waals surface area contributed by atoms with Crippen molar-refractivity contribution in [1.82, 2.24) is 10.6 Å². The summed E-state index contributed by atoms with van der Waals surface area (Å²) in [6, 6.07) is 8.96. The van der Waals surface area contributed by atoms with E-state index >= 15 is 0 Å². The molecule has 0 saturated heterocycles. The third-order valence-electron chi connectivity index (χ3n) is 3.81. The van der Waals surface area contributed by atoms with Gasteiger partial charge in [0.05, 0.1) is 6.61 Å². The van der Waals surface area contributed by atoms with Crippen molar-refractivity contribution in [2.75, 3.05) is 19.7 Å². The molecule has 3 rings (SSSR count). The van der Waals surface area contributed by atoms with Crippen LogP contribution < -0.4 is 15.4 Å². The van der Waals surface area contributed by atoms with Crippen molar-refractivity contribution >= 4 is 5.96 Å². The van der Waals surface area contributed by atoms with Crippen LogP contribution >= 0.6 is 0 Å². The first-order valence-corrected chi connectivity index (χ1v) is 7.63. The van der Waals surface area contributed by atoms with Gasteiger partial charge in [0.25, 0.3) is 0 Å². The molecule has 1 aliphatic carbocycles. The third-order valence-corrected chi connectivity index (χ3v) is 3.81. The van der Waals surface area contributed by atoms with Crippen LogP contribution in [0.25, 0.3) is 0 Å². The largest absolute Gasteiger partial charge is 0.493 e. The third kappa shape index (κ3) is 3.24. The van der Waals surface area contributed by atoms with Gasteiger partial charge in [0.2, 0.25) is 0 Å². The summed E-state index contributed by atoms with van der Waals surface area (Å²) in [7, 11) is 0. The fourth-order valence-electron chi connectivity index (χ4n) is 2.55. The predicted octanol–water partition coefficient (Wildman–Crippen LogP) is 2.27. The highest BCUT2D eigenvalue weighted by molar-refractivity contribution is 5.80. The Morgan fingerprint density at radius 3 is 2.95 bits per heavy atom. The summed E-state index contributed by atoms with van der Waals surface area (Å²) in [6.45, 7) is 4.63. The molecule has 0 spiro atoms. The molecule has 2 N–H and O–H groups in total. The van der Waals surface area contributed by atoms with E-state index in [0.717, 1.165) is 37.8 Å². The van der Waals surface area contributed by atoms with Crippen molar-refractivity contribution in [2.45, 2.75) is 38.1 Å². The Morgan fingerprint density at radius 1 is 1.30 bits per heavy atom. The minimum atomic E-state index is 0.467. The van der Waals surface area contributed by atoms with Gasteiger partial charge in [0, 0.05) is 25.0 Å². The van der Waals surface area contributed by atoms with E-state index < -0.39 is 0 Å². The fourth-order valence-corrected chi connectivity index (χ4v) is 2.55. The molecule has 20 heavy (non-hydrogen) atoms. The molecule has 0 aromatic heterocycles. The number of para-hydroxylation sites is 1. The van der Waals surface area contributed by atoms with Crippen LogP contribution in [0.1, 0.15) is 37.7 Å². The quantitative estimate of drug-likeness (QED) is 0.653. The Bertz CT molecular complexity index is 482. The van der Waals surface area contributed by atoms with Gasteiger partial charge in [0.15, 0.2) is 5.96 Å². The first-order valence-electron chi connectivity index (χ1n) is 7.63. The molecular formula is C16H23N3O. The lowest BCUT2D eigenvalue weighted by Crippen LogP contribution is -2.38. The van der Waals surface area contributed by atoms with Gasteiger partial charge in [-0.05, 0) is 37.8 Å². The van der Waals surface area contributed by atoms with Gasteiger partial charge in [0.1, 0.15) is 5.75 Å². The molecule has 1 aromatic carbocycles. The molecule has 0 radical (unpaired) electrons. The van der Waals surface area contributed by atoms with Gasteiger partial charge in [-0.25, -0.2) is 0 Å². The smallest absolute Gasteiger partial charge is 0.191 e. The van der Waals surface area contributed by atoms with E-state index in [4.69, 9.17) is 9.73 Å². The standard InChI is InChI=1S/C16H23N3O/c1-2-17-16(19-13-7-8-13)18-11-12-9-10-20-15-6-4-3-5-14(12)15/h3-6,12-13H,2,7-11H2,1H3,(H2,17,18,19). The van der Waals surface area contributed by atoms with E-state index in [1.165, 1.54) is 18.4 Å². The summed E-state index contributed by atoms with van der Waals surface area (Å²) in [6.07, 6.45) is 3.58. The maximum Gasteiger partial charge on any atom is 0.191 e. The molecule has 1 unspecified atom stereocenters. The Balaban J connectivity index is 1.67. The van der Waals surface area contributed by atoms with Crippen LogP contribution in [0.2, 0.25) is 0 Å². The molecule has 4 heteroatoms. The second-order valence-electron chi connectivity index (χ2n) is 5.51. The van der Waals surface area contributed by atoms with Crippen LogP contribution in [0.4, 0.5) is 0 Å². The van der Waals surface area contributed by atoms with E-state index in [1.807, 2.05) is 6.07 Å². The van der Waals surface area contributed by atoms with Crippen molar-refractivity contribution in [2.24, 2.45) is 4.99 Å². The van der Waals surface area contributed by atoms with Gasteiger partial charge < -0.3 is 15.4 Å². The molecule has 4 nitrogen and oxygen atoms in total. The summed E-state index contributed by atoms with van der Waals surface area (Å²) in [5.41, 5.74) is 1.30. The van der Waals surface area contributed by atoms with Gasteiger partial charge in [-0.1, -0.05) is 18.2 Å². The zero-order valence-electron chi connectivity index (χ0n) is 12.1. The normalized spacial score (nSPS) is 21.9. The summed E-state index contributed by atoms with van der Waals surface area (Å²) < 4.78 is 5.70. The molecule has 108 valence electrons. The van der Waals surface area contributed by atoms with Gasteiger partial charge >= 0.3 is 0 Å². The minimum absolute atomic E-state index is 0.467. The second-order valence-corrected chi connectivity index (χ2v) is 5.51. The maximum atomic E-state index is 5.70. The lowest BCUT2D eigenvalue weighted by atomic mass is 9.93. The number of guanidine groups is 1.